The van der Waals surface area contributed by atoms with Gasteiger partial charge in [0.1, 0.15) is 0 Å². The summed E-state index contributed by atoms with van der Waals surface area (Å²) < 4.78 is 0. The molecule has 3 amide bonds. The zero-order valence-corrected chi connectivity index (χ0v) is 11.8. The number of carbonyl (C=O) groups excluding carboxylic acids is 2. The molecule has 0 unspecified atom stereocenters. The van der Waals surface area contributed by atoms with Gasteiger partial charge in [-0.15, -0.1) is 0 Å². The topological polar surface area (TPSA) is 61.4 Å². The number of nitrogens with zero attached hydrogens (tertiary/aromatic N) is 1. The van der Waals surface area contributed by atoms with Gasteiger partial charge >= 0.3 is 6.03 Å². The van der Waals surface area contributed by atoms with E-state index < -0.39 is 0 Å². The van der Waals surface area contributed by atoms with Crippen LogP contribution in [0.2, 0.25) is 0 Å². The molecule has 0 spiro atoms. The number of amides is 3. The number of thioether (sulfide) groups is 1. The largest absolute Gasteiger partial charge is 0.337 e. The van der Waals surface area contributed by atoms with E-state index in [1.807, 2.05) is 12.3 Å². The van der Waals surface area contributed by atoms with Crippen LogP contribution in [-0.4, -0.2) is 42.4 Å². The SMILES string of the molecule is CSCCNC(=O)Nc1cccc2c1CN(C)C2=O. The van der Waals surface area contributed by atoms with Crippen molar-refractivity contribution in [1.82, 2.24) is 10.2 Å². The lowest BCUT2D eigenvalue weighted by atomic mass is 10.1. The molecule has 1 aromatic carbocycles. The minimum atomic E-state index is -0.232. The number of anilines is 1. The number of urea groups is 1. The van der Waals surface area contributed by atoms with Crippen molar-refractivity contribution in [3.63, 3.8) is 0 Å². The Balaban J connectivity index is 2.07. The van der Waals surface area contributed by atoms with E-state index in [1.165, 1.54) is 0 Å². The standard InChI is InChI=1S/C13H17N3O2S/c1-16-8-10-9(12(16)17)4-3-5-11(10)15-13(18)14-6-7-19-2/h3-5H,6-8H2,1-2H3,(H2,14,15,18). The van der Waals surface area contributed by atoms with Crippen molar-refractivity contribution < 1.29 is 9.59 Å². The predicted molar refractivity (Wildman–Crippen MR) is 77.6 cm³/mol. The van der Waals surface area contributed by atoms with E-state index in [1.54, 1.807) is 35.8 Å². The summed E-state index contributed by atoms with van der Waals surface area (Å²) in [5, 5.41) is 5.58. The van der Waals surface area contributed by atoms with E-state index in [0.717, 1.165) is 11.3 Å². The van der Waals surface area contributed by atoms with E-state index in [4.69, 9.17) is 0 Å². The van der Waals surface area contributed by atoms with Crippen LogP contribution in [0.3, 0.4) is 0 Å². The third kappa shape index (κ3) is 3.01. The van der Waals surface area contributed by atoms with Crippen molar-refractivity contribution in [2.75, 3.05) is 30.9 Å². The molecule has 6 heteroatoms. The van der Waals surface area contributed by atoms with E-state index in [-0.39, 0.29) is 11.9 Å². The molecule has 1 aliphatic rings. The molecule has 0 bridgehead atoms. The quantitative estimate of drug-likeness (QED) is 0.826. The second-order valence-electron chi connectivity index (χ2n) is 4.37. The van der Waals surface area contributed by atoms with Crippen LogP contribution in [0, 0.1) is 0 Å². The van der Waals surface area contributed by atoms with Crippen molar-refractivity contribution in [1.29, 1.82) is 0 Å². The van der Waals surface area contributed by atoms with Gasteiger partial charge in [-0.1, -0.05) is 6.07 Å². The molecule has 19 heavy (non-hydrogen) atoms. The van der Waals surface area contributed by atoms with Crippen molar-refractivity contribution in [2.24, 2.45) is 0 Å². The van der Waals surface area contributed by atoms with Gasteiger partial charge in [-0.3, -0.25) is 4.79 Å². The summed E-state index contributed by atoms with van der Waals surface area (Å²) in [4.78, 5) is 25.2. The smallest absolute Gasteiger partial charge is 0.319 e. The van der Waals surface area contributed by atoms with E-state index in [9.17, 15) is 9.59 Å². The molecule has 102 valence electrons. The second kappa shape index (κ2) is 5.97. The number of hydrogen-bond acceptors (Lipinski definition) is 3. The summed E-state index contributed by atoms with van der Waals surface area (Å²) in [5.41, 5.74) is 2.26. The Bertz CT molecular complexity index is 505. The van der Waals surface area contributed by atoms with E-state index in [0.29, 0.717) is 24.3 Å². The van der Waals surface area contributed by atoms with Gasteiger partial charge in [0.15, 0.2) is 0 Å². The van der Waals surface area contributed by atoms with Gasteiger partial charge in [0, 0.05) is 42.7 Å². The van der Waals surface area contributed by atoms with Gasteiger partial charge < -0.3 is 15.5 Å². The highest BCUT2D eigenvalue weighted by Crippen LogP contribution is 2.28. The Morgan fingerprint density at radius 1 is 1.47 bits per heavy atom. The molecule has 1 aliphatic heterocycles. The number of carbonyl (C=O) groups is 2. The molecular formula is C13H17N3O2S. The van der Waals surface area contributed by atoms with Crippen LogP contribution in [0.1, 0.15) is 15.9 Å². The minimum Gasteiger partial charge on any atom is -0.337 e. The monoisotopic (exact) mass is 279 g/mol. The Labute approximate surface area is 116 Å². The lowest BCUT2D eigenvalue weighted by molar-refractivity contribution is 0.0816. The van der Waals surface area contributed by atoms with Crippen LogP contribution in [0.4, 0.5) is 10.5 Å². The molecular weight excluding hydrogens is 262 g/mol. The van der Waals surface area contributed by atoms with Crippen LogP contribution in [-0.2, 0) is 6.54 Å². The summed E-state index contributed by atoms with van der Waals surface area (Å²) in [6.45, 7) is 1.16. The Kier molecular flexibility index (Phi) is 4.31. The fraction of sp³-hybridized carbons (Fsp3) is 0.385. The van der Waals surface area contributed by atoms with Crippen LogP contribution < -0.4 is 10.6 Å². The number of hydrogen-bond donors (Lipinski definition) is 2. The lowest BCUT2D eigenvalue weighted by Gasteiger charge is -2.10. The molecule has 0 aliphatic carbocycles. The van der Waals surface area contributed by atoms with Crippen molar-refractivity contribution in [3.8, 4) is 0 Å². The predicted octanol–water partition coefficient (Wildman–Crippen LogP) is 1.76. The highest BCUT2D eigenvalue weighted by atomic mass is 32.2. The zero-order chi connectivity index (χ0) is 13.8. The fourth-order valence-electron chi connectivity index (χ4n) is 2.02. The first kappa shape index (κ1) is 13.7. The first-order chi connectivity index (χ1) is 9.13. The first-order valence-corrected chi connectivity index (χ1v) is 7.44. The molecule has 1 heterocycles. The van der Waals surface area contributed by atoms with Crippen molar-refractivity contribution in [2.45, 2.75) is 6.54 Å². The summed E-state index contributed by atoms with van der Waals surface area (Å²) in [5.74, 6) is 0.878. The minimum absolute atomic E-state index is 0.00133. The zero-order valence-electron chi connectivity index (χ0n) is 11.0. The second-order valence-corrected chi connectivity index (χ2v) is 5.35. The molecule has 0 saturated heterocycles. The van der Waals surface area contributed by atoms with Crippen LogP contribution in [0.25, 0.3) is 0 Å². The fourth-order valence-corrected chi connectivity index (χ4v) is 2.33. The Morgan fingerprint density at radius 2 is 2.26 bits per heavy atom. The maximum Gasteiger partial charge on any atom is 0.319 e. The van der Waals surface area contributed by atoms with Crippen LogP contribution in [0.5, 0.6) is 0 Å². The summed E-state index contributed by atoms with van der Waals surface area (Å²) >= 11 is 1.68. The number of nitrogens with one attached hydrogen (secondary N) is 2. The molecule has 0 saturated carbocycles. The summed E-state index contributed by atoms with van der Waals surface area (Å²) in [6.07, 6.45) is 1.99. The number of benzene rings is 1. The molecule has 2 N–H and O–H groups in total. The Hall–Kier alpha value is -1.69. The summed E-state index contributed by atoms with van der Waals surface area (Å²) in [7, 11) is 1.75. The third-order valence-electron chi connectivity index (χ3n) is 2.99. The summed E-state index contributed by atoms with van der Waals surface area (Å²) in [6, 6.07) is 5.16. The molecule has 0 atom stereocenters. The van der Waals surface area contributed by atoms with Crippen molar-refractivity contribution in [3.05, 3.63) is 29.3 Å². The lowest BCUT2D eigenvalue weighted by Crippen LogP contribution is -2.30. The van der Waals surface area contributed by atoms with Gasteiger partial charge in [0.05, 0.1) is 0 Å². The van der Waals surface area contributed by atoms with Gasteiger partial charge in [0.2, 0.25) is 0 Å². The van der Waals surface area contributed by atoms with Gasteiger partial charge in [-0.05, 0) is 18.4 Å². The highest BCUT2D eigenvalue weighted by molar-refractivity contribution is 7.98. The van der Waals surface area contributed by atoms with E-state index in [2.05, 4.69) is 10.6 Å². The average molecular weight is 279 g/mol. The molecule has 0 fully saturated rings. The average Bonchev–Trinajstić information content (AvgIpc) is 2.68. The van der Waals surface area contributed by atoms with Crippen molar-refractivity contribution >= 4 is 29.4 Å². The number of fused-ring (bicyclic) bond motifs is 1. The maximum atomic E-state index is 11.8. The normalized spacial score (nSPS) is 13.4. The van der Waals surface area contributed by atoms with Gasteiger partial charge in [-0.25, -0.2) is 4.79 Å². The molecule has 5 nitrogen and oxygen atoms in total. The first-order valence-electron chi connectivity index (χ1n) is 6.04. The molecule has 1 aromatic rings. The van der Waals surface area contributed by atoms with Gasteiger partial charge in [-0.2, -0.15) is 11.8 Å². The van der Waals surface area contributed by atoms with E-state index >= 15 is 0 Å². The molecule has 0 aromatic heterocycles. The maximum absolute atomic E-state index is 11.8. The number of rotatable bonds is 4. The van der Waals surface area contributed by atoms with Crippen LogP contribution in [0.15, 0.2) is 18.2 Å². The molecule has 0 radical (unpaired) electrons. The van der Waals surface area contributed by atoms with Crippen LogP contribution >= 0.6 is 11.8 Å². The molecule has 2 rings (SSSR count). The third-order valence-corrected chi connectivity index (χ3v) is 3.60. The Morgan fingerprint density at radius 3 is 3.00 bits per heavy atom. The highest BCUT2D eigenvalue weighted by Gasteiger charge is 2.26. The van der Waals surface area contributed by atoms with Gasteiger partial charge in [0.25, 0.3) is 5.91 Å².